The first-order chi connectivity index (χ1) is 9.91. The number of nitrogens with zero attached hydrogens (tertiary/aromatic N) is 3. The van der Waals surface area contributed by atoms with E-state index in [4.69, 9.17) is 0 Å². The van der Waals surface area contributed by atoms with Gasteiger partial charge in [-0.05, 0) is 30.8 Å². The van der Waals surface area contributed by atoms with Crippen molar-refractivity contribution >= 4 is 20.4 Å². The molecule has 0 radical (unpaired) electrons. The zero-order chi connectivity index (χ0) is 15.6. The molecule has 0 aromatic carbocycles. The molecule has 21 heavy (non-hydrogen) atoms. The SMILES string of the molecule is CCC(P)(CC)CCCn1cnc2c1c(=O)[nH]c(=O)n2C. The van der Waals surface area contributed by atoms with E-state index in [-0.39, 0.29) is 10.7 Å². The van der Waals surface area contributed by atoms with Crippen LogP contribution in [0.1, 0.15) is 39.5 Å². The number of nitrogens with one attached hydrogen (secondary N) is 1. The average Bonchev–Trinajstić information content (AvgIpc) is 2.89. The number of aromatic amines is 1. The van der Waals surface area contributed by atoms with Crippen LogP contribution in [0.25, 0.3) is 11.2 Å². The maximum absolute atomic E-state index is 12.0. The lowest BCUT2D eigenvalue weighted by atomic mass is 9.96. The second kappa shape index (κ2) is 6.14. The molecule has 0 spiro atoms. The number of aromatic nitrogens is 4. The van der Waals surface area contributed by atoms with Crippen molar-refractivity contribution in [3.05, 3.63) is 27.2 Å². The van der Waals surface area contributed by atoms with Crippen LogP contribution in [-0.4, -0.2) is 24.3 Å². The summed E-state index contributed by atoms with van der Waals surface area (Å²) < 4.78 is 3.20. The van der Waals surface area contributed by atoms with E-state index in [9.17, 15) is 9.59 Å². The fourth-order valence-corrected chi connectivity index (χ4v) is 2.76. The number of hydrogen-bond acceptors (Lipinski definition) is 3. The summed E-state index contributed by atoms with van der Waals surface area (Å²) in [6.07, 6.45) is 5.93. The van der Waals surface area contributed by atoms with Crippen molar-refractivity contribution < 1.29 is 0 Å². The normalized spacial score (nSPS) is 12.2. The molecular formula is C14H23N4O2P. The molecule has 0 bridgehead atoms. The van der Waals surface area contributed by atoms with Crippen molar-refractivity contribution in [2.75, 3.05) is 0 Å². The van der Waals surface area contributed by atoms with Gasteiger partial charge in [0.25, 0.3) is 5.56 Å². The highest BCUT2D eigenvalue weighted by molar-refractivity contribution is 7.18. The Labute approximate surface area is 125 Å². The Morgan fingerprint density at radius 1 is 1.33 bits per heavy atom. The molecule has 2 aromatic heterocycles. The molecule has 1 N–H and O–H groups in total. The minimum Gasteiger partial charge on any atom is -0.325 e. The fraction of sp³-hybridized carbons (Fsp3) is 0.643. The van der Waals surface area contributed by atoms with Gasteiger partial charge in [-0.2, -0.15) is 0 Å². The van der Waals surface area contributed by atoms with Gasteiger partial charge in [0, 0.05) is 13.6 Å². The van der Waals surface area contributed by atoms with Crippen LogP contribution in [0.4, 0.5) is 0 Å². The fourth-order valence-electron chi connectivity index (χ4n) is 2.56. The summed E-state index contributed by atoms with van der Waals surface area (Å²) in [6, 6.07) is 0. The van der Waals surface area contributed by atoms with Gasteiger partial charge >= 0.3 is 5.69 Å². The molecule has 0 saturated heterocycles. The summed E-state index contributed by atoms with van der Waals surface area (Å²) in [5, 5.41) is 0.273. The monoisotopic (exact) mass is 310 g/mol. The second-order valence-electron chi connectivity index (χ2n) is 5.60. The molecule has 0 aliphatic heterocycles. The van der Waals surface area contributed by atoms with Crippen molar-refractivity contribution in [1.82, 2.24) is 19.1 Å². The number of imidazole rings is 1. The van der Waals surface area contributed by atoms with Crippen molar-refractivity contribution in [2.24, 2.45) is 7.05 Å². The predicted octanol–water partition coefficient (Wildman–Crippen LogP) is 1.64. The van der Waals surface area contributed by atoms with Crippen LogP contribution in [0.2, 0.25) is 0 Å². The number of rotatable bonds is 6. The Hall–Kier alpha value is -1.42. The summed E-state index contributed by atoms with van der Waals surface area (Å²) >= 11 is 0. The van der Waals surface area contributed by atoms with Crippen LogP contribution in [0, 0.1) is 0 Å². The van der Waals surface area contributed by atoms with Gasteiger partial charge in [-0.3, -0.25) is 14.3 Å². The zero-order valence-corrected chi connectivity index (χ0v) is 14.0. The molecule has 6 nitrogen and oxygen atoms in total. The number of hydrogen-bond donors (Lipinski definition) is 1. The van der Waals surface area contributed by atoms with Crippen LogP contribution < -0.4 is 11.2 Å². The van der Waals surface area contributed by atoms with Crippen LogP contribution in [0.5, 0.6) is 0 Å². The van der Waals surface area contributed by atoms with E-state index in [0.717, 1.165) is 32.2 Å². The maximum atomic E-state index is 12.0. The van der Waals surface area contributed by atoms with Gasteiger partial charge < -0.3 is 4.57 Å². The zero-order valence-electron chi connectivity index (χ0n) is 12.8. The minimum atomic E-state index is -0.432. The van der Waals surface area contributed by atoms with Gasteiger partial charge in [0.2, 0.25) is 0 Å². The standard InChI is InChI=1S/C14H23N4O2P/c1-4-14(21,5-2)7-6-8-18-9-15-11-10(18)12(19)16-13(20)17(11)3/h9H,4-8,21H2,1-3H3,(H,16,19,20). The smallest absolute Gasteiger partial charge is 0.325 e. The molecule has 0 amide bonds. The van der Waals surface area contributed by atoms with E-state index in [2.05, 4.69) is 33.1 Å². The van der Waals surface area contributed by atoms with E-state index in [1.165, 1.54) is 4.57 Å². The third-order valence-electron chi connectivity index (χ3n) is 4.36. The van der Waals surface area contributed by atoms with Gasteiger partial charge in [0.05, 0.1) is 6.33 Å². The summed E-state index contributed by atoms with van der Waals surface area (Å²) in [7, 11) is 4.58. The summed E-state index contributed by atoms with van der Waals surface area (Å²) in [5.74, 6) is 0. The lowest BCUT2D eigenvalue weighted by molar-refractivity contribution is 0.467. The molecule has 0 saturated carbocycles. The van der Waals surface area contributed by atoms with Crippen molar-refractivity contribution in [2.45, 2.75) is 51.2 Å². The quantitative estimate of drug-likeness (QED) is 0.824. The molecule has 0 aliphatic rings. The maximum Gasteiger partial charge on any atom is 0.329 e. The lowest BCUT2D eigenvalue weighted by Crippen LogP contribution is -2.29. The van der Waals surface area contributed by atoms with Crippen LogP contribution in [0.3, 0.4) is 0 Å². The Morgan fingerprint density at radius 2 is 2.00 bits per heavy atom. The van der Waals surface area contributed by atoms with E-state index in [1.54, 1.807) is 13.4 Å². The highest BCUT2D eigenvalue weighted by Gasteiger charge is 2.19. The molecule has 0 fully saturated rings. The van der Waals surface area contributed by atoms with Gasteiger partial charge in [0.15, 0.2) is 11.2 Å². The van der Waals surface area contributed by atoms with Crippen LogP contribution in [-0.2, 0) is 13.6 Å². The van der Waals surface area contributed by atoms with Crippen molar-refractivity contribution in [3.63, 3.8) is 0 Å². The lowest BCUT2D eigenvalue weighted by Gasteiger charge is -2.26. The molecule has 2 heterocycles. The largest absolute Gasteiger partial charge is 0.329 e. The first kappa shape index (κ1) is 16.0. The van der Waals surface area contributed by atoms with E-state index in [0.29, 0.717) is 11.2 Å². The number of H-pyrrole nitrogens is 1. The minimum absolute atomic E-state index is 0.273. The van der Waals surface area contributed by atoms with Crippen LogP contribution >= 0.6 is 9.24 Å². The Balaban J connectivity index is 2.23. The molecule has 2 rings (SSSR count). The summed E-state index contributed by atoms with van der Waals surface area (Å²) in [6.45, 7) is 5.13. The topological polar surface area (TPSA) is 72.7 Å². The predicted molar refractivity (Wildman–Crippen MR) is 87.9 cm³/mol. The first-order valence-electron chi connectivity index (χ1n) is 7.35. The Morgan fingerprint density at radius 3 is 2.62 bits per heavy atom. The molecule has 7 heteroatoms. The first-order valence-corrected chi connectivity index (χ1v) is 7.92. The summed E-state index contributed by atoms with van der Waals surface area (Å²) in [5.41, 5.74) is 0.110. The third kappa shape index (κ3) is 3.10. The third-order valence-corrected chi connectivity index (χ3v) is 5.46. The molecule has 1 unspecified atom stereocenters. The average molecular weight is 310 g/mol. The second-order valence-corrected chi connectivity index (χ2v) is 6.83. The van der Waals surface area contributed by atoms with Gasteiger partial charge in [0.1, 0.15) is 0 Å². The number of aryl methyl sites for hydroxylation is 2. The van der Waals surface area contributed by atoms with Crippen molar-refractivity contribution in [1.29, 1.82) is 0 Å². The summed E-state index contributed by atoms with van der Waals surface area (Å²) in [4.78, 5) is 30.0. The van der Waals surface area contributed by atoms with Gasteiger partial charge in [-0.15, -0.1) is 9.24 Å². The highest BCUT2D eigenvalue weighted by atomic mass is 31.0. The molecule has 2 aromatic rings. The number of fused-ring (bicyclic) bond motifs is 1. The molecule has 116 valence electrons. The Bertz CT molecular complexity index is 739. The Kier molecular flexibility index (Phi) is 4.67. The van der Waals surface area contributed by atoms with E-state index < -0.39 is 5.69 Å². The van der Waals surface area contributed by atoms with Crippen molar-refractivity contribution in [3.8, 4) is 0 Å². The van der Waals surface area contributed by atoms with Crippen LogP contribution in [0.15, 0.2) is 15.9 Å². The van der Waals surface area contributed by atoms with Gasteiger partial charge in [-0.25, -0.2) is 9.78 Å². The van der Waals surface area contributed by atoms with Gasteiger partial charge in [-0.1, -0.05) is 13.8 Å². The van der Waals surface area contributed by atoms with E-state index in [1.807, 2.05) is 4.57 Å². The molecular weight excluding hydrogens is 287 g/mol. The highest BCUT2D eigenvalue weighted by Crippen LogP contribution is 2.32. The molecule has 0 aliphatic carbocycles. The molecule has 1 atom stereocenters. The van der Waals surface area contributed by atoms with E-state index >= 15 is 0 Å².